The Balaban J connectivity index is 1.62. The predicted octanol–water partition coefficient (Wildman–Crippen LogP) is 1.98. The highest BCUT2D eigenvalue weighted by molar-refractivity contribution is 5.96. The van der Waals surface area contributed by atoms with E-state index < -0.39 is 4.92 Å². The summed E-state index contributed by atoms with van der Waals surface area (Å²) in [5, 5.41) is 11.8. The summed E-state index contributed by atoms with van der Waals surface area (Å²) in [5.74, 6) is 0.568. The molecule has 1 fully saturated rings. The van der Waals surface area contributed by atoms with Gasteiger partial charge in [-0.05, 0) is 24.1 Å². The summed E-state index contributed by atoms with van der Waals surface area (Å²) in [6.07, 6.45) is 3.33. The van der Waals surface area contributed by atoms with Crippen molar-refractivity contribution in [3.05, 3.63) is 57.2 Å². The summed E-state index contributed by atoms with van der Waals surface area (Å²) in [6, 6.07) is 4.74. The van der Waals surface area contributed by atoms with Crippen LogP contribution in [-0.4, -0.2) is 58.5 Å². The zero-order valence-corrected chi connectivity index (χ0v) is 16.3. The second-order valence-electron chi connectivity index (χ2n) is 7.15. The summed E-state index contributed by atoms with van der Waals surface area (Å²) < 4.78 is 5.27. The van der Waals surface area contributed by atoms with Crippen molar-refractivity contribution in [2.75, 3.05) is 37.7 Å². The molecule has 152 valence electrons. The topological polar surface area (TPSA) is 102 Å². The van der Waals surface area contributed by atoms with Gasteiger partial charge in [-0.1, -0.05) is 6.92 Å². The number of benzene rings is 1. The van der Waals surface area contributed by atoms with Crippen LogP contribution in [0.1, 0.15) is 34.4 Å². The minimum absolute atomic E-state index is 0.0580. The number of morpholine rings is 1. The highest BCUT2D eigenvalue weighted by atomic mass is 16.6. The molecule has 2 aliphatic heterocycles. The van der Waals surface area contributed by atoms with Crippen LogP contribution in [0.4, 0.5) is 11.4 Å². The second kappa shape index (κ2) is 8.12. The lowest BCUT2D eigenvalue weighted by atomic mass is 10.0. The molecule has 1 aromatic carbocycles. The first-order chi connectivity index (χ1) is 14.1. The molecule has 0 aliphatic carbocycles. The fraction of sp³-hybridized carbons (Fsp3) is 0.450. The van der Waals surface area contributed by atoms with Crippen molar-refractivity contribution in [2.45, 2.75) is 26.3 Å². The smallest absolute Gasteiger partial charge is 0.293 e. The number of amides is 1. The first-order valence-electron chi connectivity index (χ1n) is 9.81. The number of carbonyl (C=O) groups is 1. The zero-order chi connectivity index (χ0) is 20.4. The molecule has 0 saturated carbocycles. The maximum atomic E-state index is 12.7. The van der Waals surface area contributed by atoms with Crippen molar-refractivity contribution >= 4 is 17.3 Å². The number of fused-ring (bicyclic) bond motifs is 1. The molecule has 0 spiro atoms. The second-order valence-corrected chi connectivity index (χ2v) is 7.15. The van der Waals surface area contributed by atoms with E-state index in [2.05, 4.69) is 9.97 Å². The van der Waals surface area contributed by atoms with Gasteiger partial charge in [0.2, 0.25) is 0 Å². The van der Waals surface area contributed by atoms with Crippen LogP contribution in [0.3, 0.4) is 0 Å². The molecule has 2 aromatic rings. The van der Waals surface area contributed by atoms with Crippen molar-refractivity contribution in [3.63, 3.8) is 0 Å². The summed E-state index contributed by atoms with van der Waals surface area (Å²) in [7, 11) is 0. The maximum absolute atomic E-state index is 12.7. The number of hydrogen-bond acceptors (Lipinski definition) is 7. The van der Waals surface area contributed by atoms with Gasteiger partial charge in [-0.2, -0.15) is 0 Å². The molecule has 1 aromatic heterocycles. The maximum Gasteiger partial charge on any atom is 0.293 e. The fourth-order valence-corrected chi connectivity index (χ4v) is 3.74. The number of rotatable bonds is 4. The number of ether oxygens (including phenoxy) is 1. The van der Waals surface area contributed by atoms with Crippen LogP contribution in [0.5, 0.6) is 0 Å². The van der Waals surface area contributed by atoms with E-state index in [-0.39, 0.29) is 11.6 Å². The lowest BCUT2D eigenvalue weighted by molar-refractivity contribution is -0.384. The lowest BCUT2D eigenvalue weighted by Crippen LogP contribution is -2.40. The van der Waals surface area contributed by atoms with E-state index in [1.165, 1.54) is 6.07 Å². The molecule has 0 bridgehead atoms. The summed E-state index contributed by atoms with van der Waals surface area (Å²) in [5.41, 5.74) is 2.77. The van der Waals surface area contributed by atoms with Crippen LogP contribution in [0.2, 0.25) is 0 Å². The van der Waals surface area contributed by atoms with Crippen LogP contribution in [0.25, 0.3) is 0 Å². The largest absolute Gasteiger partial charge is 0.378 e. The molecule has 1 saturated heterocycles. The van der Waals surface area contributed by atoms with Gasteiger partial charge in [0.25, 0.3) is 11.6 Å². The SMILES string of the molecule is CCc1ncc2c(n1)CN(c1ccc(C(=O)N3CCOCC3)cc1[N+](=O)[O-])CC2. The lowest BCUT2D eigenvalue weighted by Gasteiger charge is -2.30. The molecular formula is C20H23N5O4. The molecule has 0 atom stereocenters. The quantitative estimate of drug-likeness (QED) is 0.574. The van der Waals surface area contributed by atoms with Crippen molar-refractivity contribution < 1.29 is 14.5 Å². The molecule has 0 unspecified atom stereocenters. The van der Waals surface area contributed by atoms with Gasteiger partial charge in [-0.3, -0.25) is 14.9 Å². The number of aryl methyl sites for hydroxylation is 1. The van der Waals surface area contributed by atoms with Crippen LogP contribution in [0, 0.1) is 10.1 Å². The number of nitrogens with zero attached hydrogens (tertiary/aromatic N) is 5. The third-order valence-corrected chi connectivity index (χ3v) is 5.37. The highest BCUT2D eigenvalue weighted by Crippen LogP contribution is 2.33. The molecule has 0 N–H and O–H groups in total. The van der Waals surface area contributed by atoms with E-state index in [0.717, 1.165) is 29.9 Å². The summed E-state index contributed by atoms with van der Waals surface area (Å²) in [6.45, 7) is 5.09. The van der Waals surface area contributed by atoms with Crippen molar-refractivity contribution in [1.82, 2.24) is 14.9 Å². The van der Waals surface area contributed by atoms with Gasteiger partial charge in [0.1, 0.15) is 11.5 Å². The molecule has 9 nitrogen and oxygen atoms in total. The molecule has 1 amide bonds. The van der Waals surface area contributed by atoms with Crippen LogP contribution in [-0.2, 0) is 24.1 Å². The number of nitro benzene ring substituents is 1. The number of carbonyl (C=O) groups excluding carboxylic acids is 1. The van der Waals surface area contributed by atoms with Crippen LogP contribution < -0.4 is 4.90 Å². The van der Waals surface area contributed by atoms with Gasteiger partial charge < -0.3 is 14.5 Å². The van der Waals surface area contributed by atoms with E-state index in [9.17, 15) is 14.9 Å². The number of hydrogen-bond donors (Lipinski definition) is 0. The van der Waals surface area contributed by atoms with Gasteiger partial charge in [0.15, 0.2) is 0 Å². The Bertz CT molecular complexity index is 942. The molecular weight excluding hydrogens is 374 g/mol. The Hall–Kier alpha value is -3.07. The summed E-state index contributed by atoms with van der Waals surface area (Å²) in [4.78, 5) is 36.6. The monoisotopic (exact) mass is 397 g/mol. The molecule has 29 heavy (non-hydrogen) atoms. The Labute approximate surface area is 168 Å². The van der Waals surface area contributed by atoms with Crippen molar-refractivity contribution in [1.29, 1.82) is 0 Å². The number of aromatic nitrogens is 2. The highest BCUT2D eigenvalue weighted by Gasteiger charge is 2.27. The number of anilines is 1. The number of nitro groups is 1. The Morgan fingerprint density at radius 2 is 2.07 bits per heavy atom. The minimum atomic E-state index is -0.418. The van der Waals surface area contributed by atoms with E-state index in [0.29, 0.717) is 50.6 Å². The zero-order valence-electron chi connectivity index (χ0n) is 16.3. The van der Waals surface area contributed by atoms with Gasteiger partial charge in [0.05, 0.1) is 30.4 Å². The minimum Gasteiger partial charge on any atom is -0.378 e. The molecule has 3 heterocycles. The fourth-order valence-electron chi connectivity index (χ4n) is 3.74. The Morgan fingerprint density at radius 3 is 2.79 bits per heavy atom. The van der Waals surface area contributed by atoms with Gasteiger partial charge >= 0.3 is 0 Å². The Kier molecular flexibility index (Phi) is 5.39. The molecule has 0 radical (unpaired) electrons. The molecule has 4 rings (SSSR count). The first-order valence-corrected chi connectivity index (χ1v) is 9.81. The third kappa shape index (κ3) is 3.91. The average Bonchev–Trinajstić information content (AvgIpc) is 2.78. The first kappa shape index (κ1) is 19.3. The molecule has 9 heteroatoms. The summed E-state index contributed by atoms with van der Waals surface area (Å²) >= 11 is 0. The standard InChI is InChI=1S/C20H23N5O4/c1-2-19-21-12-15-5-6-24(13-16(15)22-19)17-4-3-14(11-18(17)25(27)28)20(26)23-7-9-29-10-8-23/h3-4,11-12H,2,5-10,13H2,1H3. The Morgan fingerprint density at radius 1 is 1.28 bits per heavy atom. The third-order valence-electron chi connectivity index (χ3n) is 5.37. The van der Waals surface area contributed by atoms with E-state index in [1.807, 2.05) is 18.0 Å². The van der Waals surface area contributed by atoms with Crippen molar-refractivity contribution in [2.24, 2.45) is 0 Å². The van der Waals surface area contributed by atoms with E-state index in [4.69, 9.17) is 4.74 Å². The van der Waals surface area contributed by atoms with E-state index in [1.54, 1.807) is 17.0 Å². The van der Waals surface area contributed by atoms with E-state index >= 15 is 0 Å². The predicted molar refractivity (Wildman–Crippen MR) is 106 cm³/mol. The van der Waals surface area contributed by atoms with Gasteiger partial charge in [-0.15, -0.1) is 0 Å². The molecule has 2 aliphatic rings. The van der Waals surface area contributed by atoms with Crippen LogP contribution >= 0.6 is 0 Å². The van der Waals surface area contributed by atoms with Crippen molar-refractivity contribution in [3.8, 4) is 0 Å². The van der Waals surface area contributed by atoms with Gasteiger partial charge in [0, 0.05) is 43.9 Å². The van der Waals surface area contributed by atoms with Gasteiger partial charge in [-0.25, -0.2) is 9.97 Å². The average molecular weight is 397 g/mol. The normalized spacial score (nSPS) is 16.4. The van der Waals surface area contributed by atoms with Crippen LogP contribution in [0.15, 0.2) is 24.4 Å².